The quantitative estimate of drug-likeness (QED) is 0.850. The highest BCUT2D eigenvalue weighted by Crippen LogP contribution is 2.30. The van der Waals surface area contributed by atoms with Gasteiger partial charge in [0, 0.05) is 44.2 Å². The van der Waals surface area contributed by atoms with Crippen LogP contribution in [0.4, 0.5) is 5.69 Å². The van der Waals surface area contributed by atoms with E-state index in [0.717, 1.165) is 43.5 Å². The lowest BCUT2D eigenvalue weighted by Gasteiger charge is -2.27. The van der Waals surface area contributed by atoms with E-state index in [0.29, 0.717) is 32.0 Å². The van der Waals surface area contributed by atoms with Gasteiger partial charge in [-0.25, -0.2) is 0 Å². The van der Waals surface area contributed by atoms with Crippen molar-refractivity contribution >= 4 is 23.4 Å². The highest BCUT2D eigenvalue weighted by Gasteiger charge is 2.38. The minimum Gasteiger partial charge on any atom is -0.339 e. The van der Waals surface area contributed by atoms with Crippen LogP contribution in [0.5, 0.6) is 0 Å². The molecule has 3 amide bonds. The minimum absolute atomic E-state index is 0.0833. The van der Waals surface area contributed by atoms with E-state index in [1.807, 2.05) is 34.1 Å². The third kappa shape index (κ3) is 4.21. The Morgan fingerprint density at radius 2 is 1.89 bits per heavy atom. The Morgan fingerprint density at radius 1 is 1.07 bits per heavy atom. The third-order valence-corrected chi connectivity index (χ3v) is 6.28. The first-order valence-corrected chi connectivity index (χ1v) is 10.6. The fraction of sp³-hybridized carbons (Fsp3) is 0.591. The third-order valence-electron chi connectivity index (χ3n) is 6.28. The zero-order chi connectivity index (χ0) is 19.5. The molecule has 0 bridgehead atoms. The van der Waals surface area contributed by atoms with Gasteiger partial charge in [-0.3, -0.25) is 14.4 Å². The van der Waals surface area contributed by atoms with E-state index in [2.05, 4.69) is 5.32 Å². The number of anilines is 1. The molecule has 3 fully saturated rings. The predicted octanol–water partition coefficient (Wildman–Crippen LogP) is 2.93. The van der Waals surface area contributed by atoms with Gasteiger partial charge in [-0.1, -0.05) is 25.0 Å². The molecule has 28 heavy (non-hydrogen) atoms. The van der Waals surface area contributed by atoms with E-state index in [1.165, 1.54) is 12.8 Å². The van der Waals surface area contributed by atoms with Crippen LogP contribution in [0, 0.1) is 5.92 Å². The lowest BCUT2D eigenvalue weighted by Crippen LogP contribution is -2.35. The summed E-state index contributed by atoms with van der Waals surface area (Å²) in [6.45, 7) is 1.92. The molecule has 6 heteroatoms. The van der Waals surface area contributed by atoms with Gasteiger partial charge >= 0.3 is 0 Å². The summed E-state index contributed by atoms with van der Waals surface area (Å²) in [6.07, 6.45) is 7.46. The molecular weight excluding hydrogens is 354 g/mol. The van der Waals surface area contributed by atoms with Crippen molar-refractivity contribution in [3.05, 3.63) is 29.8 Å². The maximum Gasteiger partial charge on any atom is 0.229 e. The zero-order valence-electron chi connectivity index (χ0n) is 16.4. The molecule has 0 aromatic heterocycles. The van der Waals surface area contributed by atoms with Crippen molar-refractivity contribution in [2.45, 2.75) is 64.0 Å². The first-order chi connectivity index (χ1) is 13.6. The maximum absolute atomic E-state index is 12.7. The molecule has 0 spiro atoms. The van der Waals surface area contributed by atoms with E-state index in [1.54, 1.807) is 0 Å². The molecular formula is C22H29N3O3. The number of hydrogen-bond acceptors (Lipinski definition) is 3. The average Bonchev–Trinajstić information content (AvgIpc) is 3.33. The largest absolute Gasteiger partial charge is 0.339 e. The molecule has 1 aromatic carbocycles. The Balaban J connectivity index is 1.35. The van der Waals surface area contributed by atoms with Crippen molar-refractivity contribution in [1.82, 2.24) is 9.80 Å². The van der Waals surface area contributed by atoms with Crippen LogP contribution in [-0.2, 0) is 20.9 Å². The summed E-state index contributed by atoms with van der Waals surface area (Å²) in [4.78, 5) is 40.9. The van der Waals surface area contributed by atoms with E-state index < -0.39 is 0 Å². The number of carbonyl (C=O) groups excluding carboxylic acids is 3. The van der Waals surface area contributed by atoms with E-state index >= 15 is 0 Å². The number of hydrogen-bond donors (Lipinski definition) is 1. The Kier molecular flexibility index (Phi) is 5.64. The fourth-order valence-electron chi connectivity index (χ4n) is 4.72. The summed E-state index contributed by atoms with van der Waals surface area (Å²) in [6, 6.07) is 8.02. The number of rotatable bonds is 5. The molecule has 2 heterocycles. The van der Waals surface area contributed by atoms with E-state index in [9.17, 15) is 14.4 Å². The summed E-state index contributed by atoms with van der Waals surface area (Å²) in [5.74, 6) is -0.0398. The van der Waals surface area contributed by atoms with Gasteiger partial charge in [0.1, 0.15) is 0 Å². The van der Waals surface area contributed by atoms with Crippen molar-refractivity contribution in [3.63, 3.8) is 0 Å². The summed E-state index contributed by atoms with van der Waals surface area (Å²) in [7, 11) is 0. The maximum atomic E-state index is 12.7. The second-order valence-electron chi connectivity index (χ2n) is 8.35. The van der Waals surface area contributed by atoms with Gasteiger partial charge in [-0.15, -0.1) is 0 Å². The Morgan fingerprint density at radius 3 is 2.68 bits per heavy atom. The van der Waals surface area contributed by atoms with Crippen molar-refractivity contribution in [2.75, 3.05) is 18.4 Å². The molecule has 2 saturated heterocycles. The van der Waals surface area contributed by atoms with Crippen LogP contribution in [0.15, 0.2) is 24.3 Å². The van der Waals surface area contributed by atoms with Crippen LogP contribution in [0.1, 0.15) is 56.9 Å². The van der Waals surface area contributed by atoms with Gasteiger partial charge in [0.05, 0.1) is 5.92 Å². The van der Waals surface area contributed by atoms with Gasteiger partial charge in [0.15, 0.2) is 0 Å². The average molecular weight is 383 g/mol. The molecule has 1 aliphatic carbocycles. The minimum atomic E-state index is -0.277. The number of benzene rings is 1. The molecule has 1 saturated carbocycles. The number of piperidine rings is 1. The number of nitrogens with zero attached hydrogens (tertiary/aromatic N) is 2. The fourth-order valence-corrected chi connectivity index (χ4v) is 4.72. The standard InChI is InChI=1S/C22H29N3O3/c26-20-10-3-4-11-24(20)14-16-6-5-7-18(12-16)23-22(28)17-13-21(27)25(15-17)19-8-1-2-9-19/h5-7,12,17,19H,1-4,8-11,13-15H2,(H,23,28). The number of carbonyl (C=O) groups is 3. The van der Waals surface area contributed by atoms with Crippen LogP contribution in [0.2, 0.25) is 0 Å². The SMILES string of the molecule is O=C(Nc1cccc(CN2CCCCC2=O)c1)C1CC(=O)N(C2CCCC2)C1. The smallest absolute Gasteiger partial charge is 0.229 e. The predicted molar refractivity (Wildman–Crippen MR) is 106 cm³/mol. The van der Waals surface area contributed by atoms with Gasteiger partial charge in [0.2, 0.25) is 17.7 Å². The van der Waals surface area contributed by atoms with Crippen LogP contribution >= 0.6 is 0 Å². The molecule has 1 atom stereocenters. The molecule has 4 rings (SSSR count). The highest BCUT2D eigenvalue weighted by atomic mass is 16.2. The first kappa shape index (κ1) is 19.0. The molecule has 3 aliphatic rings. The Bertz CT molecular complexity index is 757. The molecule has 6 nitrogen and oxygen atoms in total. The van der Waals surface area contributed by atoms with E-state index in [-0.39, 0.29) is 23.6 Å². The molecule has 0 radical (unpaired) electrons. The summed E-state index contributed by atoms with van der Waals surface area (Å²) >= 11 is 0. The molecule has 2 aliphatic heterocycles. The normalized spacial score (nSPS) is 23.5. The van der Waals surface area contributed by atoms with Crippen molar-refractivity contribution in [3.8, 4) is 0 Å². The Labute approximate surface area is 166 Å². The Hall–Kier alpha value is -2.37. The van der Waals surface area contributed by atoms with Crippen LogP contribution < -0.4 is 5.32 Å². The second kappa shape index (κ2) is 8.33. The summed E-state index contributed by atoms with van der Waals surface area (Å²) in [5, 5.41) is 2.98. The van der Waals surface area contributed by atoms with Crippen LogP contribution in [-0.4, -0.2) is 46.7 Å². The summed E-state index contributed by atoms with van der Waals surface area (Å²) in [5.41, 5.74) is 1.75. The monoisotopic (exact) mass is 383 g/mol. The molecule has 1 aromatic rings. The van der Waals surface area contributed by atoms with Crippen molar-refractivity contribution < 1.29 is 14.4 Å². The van der Waals surface area contributed by atoms with E-state index in [4.69, 9.17) is 0 Å². The molecule has 1 N–H and O–H groups in total. The summed E-state index contributed by atoms with van der Waals surface area (Å²) < 4.78 is 0. The highest BCUT2D eigenvalue weighted by molar-refractivity contribution is 5.97. The van der Waals surface area contributed by atoms with Gasteiger partial charge in [-0.05, 0) is 43.4 Å². The molecule has 1 unspecified atom stereocenters. The first-order valence-electron chi connectivity index (χ1n) is 10.6. The van der Waals surface area contributed by atoms with Crippen LogP contribution in [0.3, 0.4) is 0 Å². The van der Waals surface area contributed by atoms with Gasteiger partial charge < -0.3 is 15.1 Å². The molecule has 150 valence electrons. The van der Waals surface area contributed by atoms with Crippen molar-refractivity contribution in [1.29, 1.82) is 0 Å². The van der Waals surface area contributed by atoms with Crippen LogP contribution in [0.25, 0.3) is 0 Å². The number of likely N-dealkylation sites (tertiary alicyclic amines) is 2. The number of amides is 3. The van der Waals surface area contributed by atoms with Crippen molar-refractivity contribution in [2.24, 2.45) is 5.92 Å². The lowest BCUT2D eigenvalue weighted by molar-refractivity contribution is -0.134. The van der Waals surface area contributed by atoms with Gasteiger partial charge in [0.25, 0.3) is 0 Å². The van der Waals surface area contributed by atoms with Gasteiger partial charge in [-0.2, -0.15) is 0 Å². The zero-order valence-corrected chi connectivity index (χ0v) is 16.4. The topological polar surface area (TPSA) is 69.7 Å². The second-order valence-corrected chi connectivity index (χ2v) is 8.35. The number of nitrogens with one attached hydrogen (secondary N) is 1. The lowest BCUT2D eigenvalue weighted by atomic mass is 10.1.